The average molecular weight is 255 g/mol. The van der Waals surface area contributed by atoms with Crippen molar-refractivity contribution in [1.82, 2.24) is 5.32 Å². The maximum absolute atomic E-state index is 12.3. The maximum Gasteiger partial charge on any atom is 0.224 e. The molecule has 2 unspecified atom stereocenters. The predicted octanol–water partition coefficient (Wildman–Crippen LogP) is 1.84. The van der Waals surface area contributed by atoms with Gasteiger partial charge in [0.25, 0.3) is 0 Å². The number of nitrogens with one attached hydrogen (secondary N) is 1. The normalized spacial score (nSPS) is 25.5. The van der Waals surface area contributed by atoms with Gasteiger partial charge in [-0.05, 0) is 24.7 Å². The third-order valence-electron chi connectivity index (χ3n) is 4.02. The molecule has 104 valence electrons. The molecule has 2 atom stereocenters. The zero-order chi connectivity index (χ0) is 13.8. The van der Waals surface area contributed by atoms with Gasteiger partial charge < -0.3 is 16.3 Å². The Kier molecular flexibility index (Phi) is 4.99. The number of hydrogen-bond donors (Lipinski definition) is 3. The highest BCUT2D eigenvalue weighted by Gasteiger charge is 2.37. The van der Waals surface area contributed by atoms with E-state index in [1.165, 1.54) is 6.42 Å². The average Bonchev–Trinajstić information content (AvgIpc) is 2.34. The Morgan fingerprint density at radius 1 is 1.56 bits per heavy atom. The van der Waals surface area contributed by atoms with Crippen LogP contribution in [0.5, 0.6) is 0 Å². The summed E-state index contributed by atoms with van der Waals surface area (Å²) in [7, 11) is 0. The second kappa shape index (κ2) is 6.07. The molecular weight excluding hydrogens is 230 g/mol. The van der Waals surface area contributed by atoms with Crippen molar-refractivity contribution in [1.29, 1.82) is 0 Å². The summed E-state index contributed by atoms with van der Waals surface area (Å²) in [4.78, 5) is 12.3. The van der Waals surface area contributed by atoms with Gasteiger partial charge in [0.05, 0.1) is 6.04 Å². The SMILES string of the molecule is CCC(NC(=O)C1CCCCC1(C)C)C(N)=NO. The summed E-state index contributed by atoms with van der Waals surface area (Å²) < 4.78 is 0. The molecule has 0 heterocycles. The summed E-state index contributed by atoms with van der Waals surface area (Å²) in [5, 5.41) is 14.5. The quantitative estimate of drug-likeness (QED) is 0.310. The van der Waals surface area contributed by atoms with Crippen molar-refractivity contribution in [3.8, 4) is 0 Å². The standard InChI is InChI=1S/C13H25N3O2/c1-4-10(11(14)16-18)15-12(17)9-7-5-6-8-13(9,2)3/h9-10,18H,4-8H2,1-3H3,(H2,14,16)(H,15,17). The van der Waals surface area contributed by atoms with Gasteiger partial charge in [0.15, 0.2) is 5.84 Å². The van der Waals surface area contributed by atoms with Gasteiger partial charge in [-0.25, -0.2) is 0 Å². The predicted molar refractivity (Wildman–Crippen MR) is 71.4 cm³/mol. The third kappa shape index (κ3) is 3.37. The smallest absolute Gasteiger partial charge is 0.224 e. The van der Waals surface area contributed by atoms with Crippen molar-refractivity contribution in [3.05, 3.63) is 0 Å². The number of nitrogens with zero attached hydrogens (tertiary/aromatic N) is 1. The fourth-order valence-electron chi connectivity index (χ4n) is 2.71. The van der Waals surface area contributed by atoms with E-state index in [-0.39, 0.29) is 29.1 Å². The van der Waals surface area contributed by atoms with Crippen LogP contribution in [0.4, 0.5) is 0 Å². The summed E-state index contributed by atoms with van der Waals surface area (Å²) in [6.45, 7) is 6.18. The Balaban J connectivity index is 2.69. The number of hydrogen-bond acceptors (Lipinski definition) is 3. The van der Waals surface area contributed by atoms with Crippen LogP contribution in [0.15, 0.2) is 5.16 Å². The van der Waals surface area contributed by atoms with Crippen LogP contribution in [0.25, 0.3) is 0 Å². The maximum atomic E-state index is 12.3. The van der Waals surface area contributed by atoms with Crippen LogP contribution in [-0.2, 0) is 4.79 Å². The van der Waals surface area contributed by atoms with E-state index in [1.807, 2.05) is 6.92 Å². The van der Waals surface area contributed by atoms with Crippen molar-refractivity contribution >= 4 is 11.7 Å². The number of amides is 1. The molecule has 18 heavy (non-hydrogen) atoms. The monoisotopic (exact) mass is 255 g/mol. The molecule has 5 heteroatoms. The molecule has 0 radical (unpaired) electrons. The van der Waals surface area contributed by atoms with E-state index in [0.29, 0.717) is 6.42 Å². The van der Waals surface area contributed by atoms with Crippen LogP contribution in [0.3, 0.4) is 0 Å². The number of carbonyl (C=O) groups excluding carboxylic acids is 1. The highest BCUT2D eigenvalue weighted by Crippen LogP contribution is 2.40. The molecule has 1 rings (SSSR count). The number of amidine groups is 1. The first-order valence-corrected chi connectivity index (χ1v) is 6.70. The molecule has 0 spiro atoms. The number of carbonyl (C=O) groups is 1. The van der Waals surface area contributed by atoms with Gasteiger partial charge in [-0.1, -0.05) is 38.8 Å². The van der Waals surface area contributed by atoms with Crippen LogP contribution in [0.1, 0.15) is 52.9 Å². The van der Waals surface area contributed by atoms with E-state index in [9.17, 15) is 4.79 Å². The van der Waals surface area contributed by atoms with E-state index >= 15 is 0 Å². The molecule has 1 saturated carbocycles. The highest BCUT2D eigenvalue weighted by atomic mass is 16.4. The molecule has 1 aliphatic rings. The van der Waals surface area contributed by atoms with Gasteiger partial charge in [0.2, 0.25) is 5.91 Å². The Morgan fingerprint density at radius 2 is 2.22 bits per heavy atom. The lowest BCUT2D eigenvalue weighted by atomic mass is 9.68. The van der Waals surface area contributed by atoms with Crippen LogP contribution in [0, 0.1) is 11.3 Å². The molecule has 0 aliphatic heterocycles. The van der Waals surface area contributed by atoms with Crippen LogP contribution in [0.2, 0.25) is 0 Å². The number of rotatable bonds is 4. The van der Waals surface area contributed by atoms with Gasteiger partial charge in [0, 0.05) is 5.92 Å². The van der Waals surface area contributed by atoms with E-state index in [2.05, 4.69) is 24.3 Å². The molecule has 0 aromatic rings. The molecule has 1 amide bonds. The van der Waals surface area contributed by atoms with Crippen LogP contribution >= 0.6 is 0 Å². The van der Waals surface area contributed by atoms with Gasteiger partial charge in [-0.2, -0.15) is 0 Å². The molecule has 0 aromatic heterocycles. The van der Waals surface area contributed by atoms with E-state index in [4.69, 9.17) is 10.9 Å². The Morgan fingerprint density at radius 3 is 2.72 bits per heavy atom. The highest BCUT2D eigenvalue weighted by molar-refractivity contribution is 5.90. The van der Waals surface area contributed by atoms with Crippen LogP contribution < -0.4 is 11.1 Å². The van der Waals surface area contributed by atoms with Crippen molar-refractivity contribution < 1.29 is 10.0 Å². The van der Waals surface area contributed by atoms with Gasteiger partial charge in [-0.3, -0.25) is 4.79 Å². The fourth-order valence-corrected chi connectivity index (χ4v) is 2.71. The lowest BCUT2D eigenvalue weighted by Crippen LogP contribution is -2.49. The minimum atomic E-state index is -0.375. The molecule has 1 fully saturated rings. The second-order valence-electron chi connectivity index (χ2n) is 5.78. The van der Waals surface area contributed by atoms with Gasteiger partial charge >= 0.3 is 0 Å². The molecule has 0 aromatic carbocycles. The van der Waals surface area contributed by atoms with Gasteiger partial charge in [-0.15, -0.1) is 0 Å². The van der Waals surface area contributed by atoms with Crippen molar-refractivity contribution in [2.75, 3.05) is 0 Å². The van der Waals surface area contributed by atoms with Crippen molar-refractivity contribution in [2.45, 2.75) is 58.9 Å². The Labute approximate surface area is 109 Å². The van der Waals surface area contributed by atoms with Gasteiger partial charge in [0.1, 0.15) is 0 Å². The van der Waals surface area contributed by atoms with E-state index < -0.39 is 0 Å². The van der Waals surface area contributed by atoms with Crippen molar-refractivity contribution in [2.24, 2.45) is 22.2 Å². The first-order chi connectivity index (χ1) is 8.42. The second-order valence-corrected chi connectivity index (χ2v) is 5.78. The Hall–Kier alpha value is -1.26. The molecule has 4 N–H and O–H groups in total. The minimum Gasteiger partial charge on any atom is -0.409 e. The topological polar surface area (TPSA) is 87.7 Å². The zero-order valence-corrected chi connectivity index (χ0v) is 11.6. The largest absolute Gasteiger partial charge is 0.409 e. The van der Waals surface area contributed by atoms with E-state index in [1.54, 1.807) is 0 Å². The summed E-state index contributed by atoms with van der Waals surface area (Å²) >= 11 is 0. The lowest BCUT2D eigenvalue weighted by molar-refractivity contribution is -0.130. The first kappa shape index (κ1) is 14.8. The Bertz CT molecular complexity index is 326. The summed E-state index contributed by atoms with van der Waals surface area (Å²) in [5.41, 5.74) is 5.59. The van der Waals surface area contributed by atoms with Crippen molar-refractivity contribution in [3.63, 3.8) is 0 Å². The van der Waals surface area contributed by atoms with Crippen LogP contribution in [-0.4, -0.2) is 23.0 Å². The fraction of sp³-hybridized carbons (Fsp3) is 0.846. The first-order valence-electron chi connectivity index (χ1n) is 6.70. The molecule has 0 saturated heterocycles. The molecule has 1 aliphatic carbocycles. The summed E-state index contributed by atoms with van der Waals surface area (Å²) in [6, 6.07) is -0.375. The summed E-state index contributed by atoms with van der Waals surface area (Å²) in [6.07, 6.45) is 4.90. The lowest BCUT2D eigenvalue weighted by Gasteiger charge is -2.38. The van der Waals surface area contributed by atoms with E-state index in [0.717, 1.165) is 19.3 Å². The number of nitrogens with two attached hydrogens (primary N) is 1. The third-order valence-corrected chi connectivity index (χ3v) is 4.02. The summed E-state index contributed by atoms with van der Waals surface area (Å²) in [5.74, 6) is 0.115. The number of oxime groups is 1. The molecule has 0 bridgehead atoms. The molecular formula is C13H25N3O2. The molecule has 5 nitrogen and oxygen atoms in total. The minimum absolute atomic E-state index is 0.0202. The zero-order valence-electron chi connectivity index (χ0n) is 11.6.